The molecular formula is C90H167N3O34. The van der Waals surface area contributed by atoms with Crippen molar-refractivity contribution in [2.24, 2.45) is 0 Å². The lowest BCUT2D eigenvalue weighted by molar-refractivity contribution is -0.385. The number of Topliss-reactive ketones (excluding diaryl/α,β-unsaturated/α-hetero) is 1. The number of unbranched alkanes of at least 4 members (excludes halogenated alkanes) is 15. The summed E-state index contributed by atoms with van der Waals surface area (Å²) in [5, 5.41) is 198. The number of hydrogen-bond donors (Lipinski definition) is 21. The predicted molar refractivity (Wildman–Crippen MR) is 496 cm³/mol. The first-order chi connectivity index (χ1) is 61.1. The van der Waals surface area contributed by atoms with Crippen molar-refractivity contribution in [2.45, 2.75) is 327 Å². The van der Waals surface area contributed by atoms with Gasteiger partial charge in [-0.05, 0) is 154 Å². The molecule has 5 heterocycles. The molecule has 0 aliphatic carbocycles. The number of aliphatic carboxylic acids is 2. The molecule has 5 fully saturated rings. The average molecular weight is 1840 g/mol. The molecule has 37 heteroatoms. The van der Waals surface area contributed by atoms with Crippen LogP contribution in [0.1, 0.15) is 190 Å². The van der Waals surface area contributed by atoms with E-state index in [0.717, 1.165) is 51.5 Å². The van der Waals surface area contributed by atoms with Crippen molar-refractivity contribution in [3.63, 3.8) is 0 Å². The van der Waals surface area contributed by atoms with E-state index in [1.165, 1.54) is 58.3 Å². The molecule has 28 atom stereocenters. The molecule has 5 saturated heterocycles. The van der Waals surface area contributed by atoms with E-state index >= 15 is 0 Å². The van der Waals surface area contributed by atoms with Crippen molar-refractivity contribution in [3.05, 3.63) is 0 Å². The number of ketones is 1. The maximum Gasteiger partial charge on any atom is 0.335 e. The van der Waals surface area contributed by atoms with Crippen LogP contribution in [0.2, 0.25) is 0 Å². The molecule has 0 aromatic carbocycles. The third kappa shape index (κ3) is 40.8. The summed E-state index contributed by atoms with van der Waals surface area (Å²) in [5.74, 6) is 55.0. The summed E-state index contributed by atoms with van der Waals surface area (Å²) in [6.45, 7) is 3.94. The summed E-state index contributed by atoms with van der Waals surface area (Å²) in [6, 6.07) is -1.21. The standard InChI is InChI=1S/C57H66N2O9.C33H53NO25.24H2/c1-4-6-8-10-12-14-16-18-19-20-21-22-23-24-25-26-27-28-30-32-34-36-40-44-52(61)59-49(53(62)50(60)43-39-35-33-31-29-17-15-13-11-9-7-5-2)47-67-57-56(65)55(64)54(63)51(68-57)48-66-46-42-38-37-41-45-58-3;1-10(37)4-2-3-5-13(38)34-6-7-52-30-19(44)16(41)23(11(8-35)53-30)56-33-22(47)25(21(46)27(59-33)29(50)51)57-31-20(45)17(42)24(12(9-36)54-31)55-32-18(43)14(39)15(40)26(58-32)28(48)49;;;;;;;;;;;;;;;;;;;;;;;;/h49-51,53-58,60,62-65H,5,7,9,11,13,15,17,29,31,33,35,37-39,41-43,45-48H2,1-3H3,(H,59,61);11-12,14-27,30-33,35-36,39-47H,2-9H2,1H3,(H,34,38)(H,48,49)(H,50,51);24*1H/t49-,50+,51?,53-,54?,55?,56?,57?;;;;;;;;;;;;;;;;;;;;;;;;;/m0........................./s1. The molecule has 0 aromatic rings. The highest BCUT2D eigenvalue weighted by Gasteiger charge is 2.57. The van der Waals surface area contributed by atoms with Crippen LogP contribution in [-0.4, -0.2) is 353 Å². The number of carbonyl (C=O) groups is 5. The van der Waals surface area contributed by atoms with Gasteiger partial charge < -0.3 is 165 Å². The number of carboxylic acid groups (broad SMARTS) is 2. The lowest BCUT2D eigenvalue weighted by Crippen LogP contribution is -2.68. The molecule has 0 saturated carbocycles. The van der Waals surface area contributed by atoms with Crippen molar-refractivity contribution in [1.29, 1.82) is 0 Å². The number of ether oxygens (including phenoxy) is 11. The van der Waals surface area contributed by atoms with E-state index in [9.17, 15) is 116 Å². The van der Waals surface area contributed by atoms with E-state index in [4.69, 9.17) is 52.1 Å². The maximum absolute atomic E-state index is 12.9. The Balaban J connectivity index is -0.000000102. The van der Waals surface area contributed by atoms with Gasteiger partial charge in [-0.2, -0.15) is 0 Å². The van der Waals surface area contributed by atoms with Crippen LogP contribution in [0.3, 0.4) is 0 Å². The fourth-order valence-corrected chi connectivity index (χ4v) is 13.0. The van der Waals surface area contributed by atoms with Crippen LogP contribution < -0.4 is 16.0 Å². The Bertz CT molecular complexity index is 4290. The second kappa shape index (κ2) is 64.0. The molecule has 0 aromatic heterocycles. The molecule has 21 N–H and O–H groups in total. The smallest absolute Gasteiger partial charge is 0.335 e. The first-order valence-corrected chi connectivity index (χ1v) is 42.0. The van der Waals surface area contributed by atoms with E-state index in [0.29, 0.717) is 32.3 Å². The second-order valence-corrected chi connectivity index (χ2v) is 29.7. The van der Waals surface area contributed by atoms with Crippen molar-refractivity contribution < 1.29 is 202 Å². The number of carboxylic acids is 2. The molecular weight excluding hydrogens is 1670 g/mol. The largest absolute Gasteiger partial charge is 0.479 e. The summed E-state index contributed by atoms with van der Waals surface area (Å²) in [7, 11) is 1.91. The summed E-state index contributed by atoms with van der Waals surface area (Å²) in [4.78, 5) is 59.5. The number of aliphatic hydroxyl groups excluding tert-OH is 16. The number of hydrogen-bond acceptors (Lipinski definition) is 33. The second-order valence-electron chi connectivity index (χ2n) is 29.7. The molecule has 5 aliphatic heterocycles. The van der Waals surface area contributed by atoms with E-state index < -0.39 is 209 Å². The number of rotatable bonds is 47. The molecule has 25 unspecified atom stereocenters. The fourth-order valence-electron chi connectivity index (χ4n) is 13.0. The van der Waals surface area contributed by atoms with Gasteiger partial charge in [-0.15, -0.1) is 0 Å². The quantitative estimate of drug-likeness (QED) is 0.0293. The Morgan fingerprint density at radius 1 is 0.409 bits per heavy atom. The fraction of sp³-hybridized carbons (Fsp3) is 0.678. The molecule has 2 amide bonds. The van der Waals surface area contributed by atoms with Gasteiger partial charge in [0.05, 0.1) is 45.2 Å². The molecule has 37 nitrogen and oxygen atoms in total. The molecule has 5 aliphatic rings. The van der Waals surface area contributed by atoms with E-state index in [-0.39, 0.29) is 78.5 Å². The average Bonchev–Trinajstić information content (AvgIpc) is 0.766. The summed E-state index contributed by atoms with van der Waals surface area (Å²) < 4.78 is 60.5. The van der Waals surface area contributed by atoms with Gasteiger partial charge >= 0.3 is 11.9 Å². The first-order valence-electron chi connectivity index (χ1n) is 42.0. The van der Waals surface area contributed by atoms with E-state index in [2.05, 4.69) is 165 Å². The zero-order chi connectivity index (χ0) is 93.4. The van der Waals surface area contributed by atoms with Crippen LogP contribution in [0, 0.1) is 142 Å². The SMILES string of the molecule is CC#CC#CC#CC#CC#CC#CC#CC#CC#CC#CC#CC#CC(=O)N[C@@H](COC1OC(COCCCCCCNC)C(O)C(O)C1O)[C@H](O)[C@H](O)CCCCCCCCCCCCCC.CC(=O)CCCCC(=O)NCCOC1OC(CO)C(OC2OC(C(=O)O)C(O)C(OC3OC(CO)C(OC4OC(C(=O)O)C(O)C(O)C4O)C(O)C3O)C2O)C(O)C1O.[HH].[HH].[HH].[HH].[HH].[HH].[HH].[HH].[HH].[HH].[HH].[HH].[HH].[HH].[HH].[HH].[HH].[HH].[HH].[HH].[HH].[HH].[HH].[HH]. The van der Waals surface area contributed by atoms with Gasteiger partial charge in [-0.1, -0.05) is 103 Å². The van der Waals surface area contributed by atoms with Crippen LogP contribution in [-0.2, 0) is 76.1 Å². The highest BCUT2D eigenvalue weighted by Crippen LogP contribution is 2.36. The monoisotopic (exact) mass is 1830 g/mol. The van der Waals surface area contributed by atoms with Crippen molar-refractivity contribution in [2.75, 3.05) is 59.8 Å². The minimum atomic E-state index is -2.28. The number of nitrogens with one attached hydrogen (secondary N) is 3. The molecule has 0 bridgehead atoms. The number of carbonyl (C=O) groups excluding carboxylic acids is 3. The Hall–Kier alpha value is -8.85. The zero-order valence-corrected chi connectivity index (χ0v) is 71.3. The van der Waals surface area contributed by atoms with Gasteiger partial charge in [0.25, 0.3) is 5.91 Å². The highest BCUT2D eigenvalue weighted by molar-refractivity contribution is 5.94. The van der Waals surface area contributed by atoms with Crippen LogP contribution in [0.25, 0.3) is 0 Å². The van der Waals surface area contributed by atoms with Gasteiger partial charge in [-0.25, -0.2) is 9.59 Å². The van der Waals surface area contributed by atoms with E-state index in [1.54, 1.807) is 6.92 Å². The Labute approximate surface area is 775 Å². The third-order valence-electron chi connectivity index (χ3n) is 19.9. The van der Waals surface area contributed by atoms with Gasteiger partial charge in [0.2, 0.25) is 5.91 Å². The van der Waals surface area contributed by atoms with E-state index in [1.807, 2.05) is 7.05 Å². The first kappa shape index (κ1) is 110. The van der Waals surface area contributed by atoms with Gasteiger partial charge in [-0.3, -0.25) is 9.59 Å². The number of amides is 2. The van der Waals surface area contributed by atoms with Crippen LogP contribution in [0.5, 0.6) is 0 Å². The van der Waals surface area contributed by atoms with Gasteiger partial charge in [0.1, 0.15) is 122 Å². The lowest BCUT2D eigenvalue weighted by Gasteiger charge is -2.48. The predicted octanol–water partition coefficient (Wildman–Crippen LogP) is 0.595. The van der Waals surface area contributed by atoms with Crippen LogP contribution >= 0.6 is 0 Å². The summed E-state index contributed by atoms with van der Waals surface area (Å²) in [6.07, 6.45) is -31.1. The van der Waals surface area contributed by atoms with Crippen LogP contribution in [0.15, 0.2) is 0 Å². The normalized spacial score (nSPS) is 29.1. The highest BCUT2D eigenvalue weighted by atomic mass is 16.8. The topological polar surface area (TPSA) is 587 Å². The van der Waals surface area contributed by atoms with Gasteiger partial charge in [0, 0.05) is 102 Å². The van der Waals surface area contributed by atoms with Crippen LogP contribution in [0.4, 0.5) is 0 Å². The van der Waals surface area contributed by atoms with Gasteiger partial charge in [0.15, 0.2) is 43.7 Å². The minimum Gasteiger partial charge on any atom is -0.479 e. The molecule has 127 heavy (non-hydrogen) atoms. The van der Waals surface area contributed by atoms with Crippen molar-refractivity contribution in [3.8, 4) is 142 Å². The number of aliphatic hydroxyl groups is 16. The molecule has 0 spiro atoms. The Morgan fingerprint density at radius 2 is 0.819 bits per heavy atom. The molecule has 5 rings (SSSR count). The maximum atomic E-state index is 12.9. The zero-order valence-electron chi connectivity index (χ0n) is 71.3. The third-order valence-corrected chi connectivity index (χ3v) is 19.9. The van der Waals surface area contributed by atoms with Crippen molar-refractivity contribution >= 4 is 29.5 Å². The molecule has 0 radical (unpaired) electrons. The Morgan fingerprint density at radius 3 is 1.32 bits per heavy atom. The minimum absolute atomic E-state index is 0. The summed E-state index contributed by atoms with van der Waals surface area (Å²) in [5.41, 5.74) is 0. The molecule has 746 valence electrons. The summed E-state index contributed by atoms with van der Waals surface area (Å²) >= 11 is 0. The lowest BCUT2D eigenvalue weighted by atomic mass is 9.95. The Kier molecular flexibility index (Phi) is 55.7. The van der Waals surface area contributed by atoms with Crippen molar-refractivity contribution in [1.82, 2.24) is 16.0 Å².